The third-order valence-corrected chi connectivity index (χ3v) is 3.17. The normalized spacial score (nSPS) is 17.4. The number of fused-ring (bicyclic) bond motifs is 1. The second-order valence-corrected chi connectivity index (χ2v) is 4.61. The third-order valence-electron chi connectivity index (χ3n) is 3.17. The van der Waals surface area contributed by atoms with Crippen molar-refractivity contribution in [2.24, 2.45) is 0 Å². The molecule has 1 aromatic rings. The Morgan fingerprint density at radius 3 is 2.79 bits per heavy atom. The summed E-state index contributed by atoms with van der Waals surface area (Å²) in [6, 6.07) is 7.70. The van der Waals surface area contributed by atoms with Crippen molar-refractivity contribution in [2.75, 3.05) is 19.6 Å². The van der Waals surface area contributed by atoms with E-state index in [1.54, 1.807) is 0 Å². The maximum Gasteiger partial charge on any atom is 0.241 e. The first-order chi connectivity index (χ1) is 9.18. The minimum absolute atomic E-state index is 0.0440. The van der Waals surface area contributed by atoms with E-state index < -0.39 is 0 Å². The fraction of sp³-hybridized carbons (Fsp3) is 0.429. The van der Waals surface area contributed by atoms with Gasteiger partial charge in [0, 0.05) is 26.6 Å². The predicted octanol–water partition coefficient (Wildman–Crippen LogP) is 0.126. The Morgan fingerprint density at radius 2 is 2.00 bits per heavy atom. The van der Waals surface area contributed by atoms with Crippen LogP contribution < -0.4 is 16.0 Å². The lowest BCUT2D eigenvalue weighted by Crippen LogP contribution is -2.43. The number of nitrogens with one attached hydrogen (secondary N) is 3. The van der Waals surface area contributed by atoms with E-state index in [4.69, 9.17) is 0 Å². The van der Waals surface area contributed by atoms with Crippen molar-refractivity contribution in [1.29, 1.82) is 0 Å². The lowest BCUT2D eigenvalue weighted by atomic mass is 9.94. The average molecular weight is 261 g/mol. The molecule has 0 spiro atoms. The average Bonchev–Trinajstić information content (AvgIpc) is 2.42. The zero-order chi connectivity index (χ0) is 13.7. The molecule has 2 rings (SSSR count). The number of carbonyl (C=O) groups excluding carboxylic acids is 2. The monoisotopic (exact) mass is 261 g/mol. The van der Waals surface area contributed by atoms with Gasteiger partial charge in [0.15, 0.2) is 0 Å². The molecule has 102 valence electrons. The van der Waals surface area contributed by atoms with E-state index in [9.17, 15) is 9.59 Å². The van der Waals surface area contributed by atoms with Crippen molar-refractivity contribution in [3.63, 3.8) is 0 Å². The van der Waals surface area contributed by atoms with Gasteiger partial charge in [0.05, 0.1) is 0 Å². The lowest BCUT2D eigenvalue weighted by Gasteiger charge is -2.26. The number of carbonyl (C=O) groups is 2. The third kappa shape index (κ3) is 3.54. The van der Waals surface area contributed by atoms with E-state index in [1.807, 2.05) is 18.2 Å². The summed E-state index contributed by atoms with van der Waals surface area (Å²) in [7, 11) is 0. The molecule has 5 nitrogen and oxygen atoms in total. The highest BCUT2D eigenvalue weighted by molar-refractivity contribution is 5.84. The Morgan fingerprint density at radius 1 is 1.26 bits per heavy atom. The number of amides is 2. The van der Waals surface area contributed by atoms with Gasteiger partial charge < -0.3 is 16.0 Å². The van der Waals surface area contributed by atoms with Crippen LogP contribution in [0.3, 0.4) is 0 Å². The van der Waals surface area contributed by atoms with Gasteiger partial charge in [-0.3, -0.25) is 9.59 Å². The van der Waals surface area contributed by atoms with Gasteiger partial charge in [0.1, 0.15) is 6.04 Å². The van der Waals surface area contributed by atoms with Crippen LogP contribution in [0, 0.1) is 0 Å². The van der Waals surface area contributed by atoms with E-state index in [2.05, 4.69) is 22.0 Å². The van der Waals surface area contributed by atoms with Crippen LogP contribution in [0.15, 0.2) is 24.3 Å². The van der Waals surface area contributed by atoms with Crippen LogP contribution in [0.2, 0.25) is 0 Å². The molecular formula is C14H19N3O2. The molecule has 0 aromatic heterocycles. The van der Waals surface area contributed by atoms with Gasteiger partial charge >= 0.3 is 0 Å². The number of benzene rings is 1. The Balaban J connectivity index is 1.92. The van der Waals surface area contributed by atoms with Crippen molar-refractivity contribution in [2.45, 2.75) is 19.4 Å². The Kier molecular flexibility index (Phi) is 4.52. The fourth-order valence-electron chi connectivity index (χ4n) is 2.26. The molecule has 0 saturated heterocycles. The molecule has 19 heavy (non-hydrogen) atoms. The molecule has 1 aromatic carbocycles. The van der Waals surface area contributed by atoms with Crippen LogP contribution in [0.1, 0.15) is 24.1 Å². The minimum Gasteiger partial charge on any atom is -0.355 e. The SMILES string of the molecule is CC(=O)NCCNC(=O)C1NCCc2ccccc21. The standard InChI is InChI=1S/C14H19N3O2/c1-10(18)15-8-9-17-14(19)13-12-5-3-2-4-11(12)6-7-16-13/h2-5,13,16H,6-9H2,1H3,(H,15,18)(H,17,19). The molecule has 1 aliphatic rings. The molecule has 1 atom stereocenters. The number of hydrogen-bond acceptors (Lipinski definition) is 3. The van der Waals surface area contributed by atoms with Crippen molar-refractivity contribution in [1.82, 2.24) is 16.0 Å². The maximum atomic E-state index is 12.1. The van der Waals surface area contributed by atoms with Gasteiger partial charge in [-0.25, -0.2) is 0 Å². The van der Waals surface area contributed by atoms with Crippen LogP contribution in [-0.2, 0) is 16.0 Å². The Hall–Kier alpha value is -1.88. The highest BCUT2D eigenvalue weighted by Gasteiger charge is 2.25. The van der Waals surface area contributed by atoms with Crippen LogP contribution in [0.4, 0.5) is 0 Å². The van der Waals surface area contributed by atoms with Gasteiger partial charge in [0.2, 0.25) is 11.8 Å². The summed E-state index contributed by atoms with van der Waals surface area (Å²) >= 11 is 0. The summed E-state index contributed by atoms with van der Waals surface area (Å²) in [5.41, 5.74) is 2.27. The topological polar surface area (TPSA) is 70.2 Å². The molecule has 2 amide bonds. The first kappa shape index (κ1) is 13.5. The second-order valence-electron chi connectivity index (χ2n) is 4.61. The van der Waals surface area contributed by atoms with Crippen molar-refractivity contribution >= 4 is 11.8 Å². The van der Waals surface area contributed by atoms with Crippen LogP contribution >= 0.6 is 0 Å². The quantitative estimate of drug-likeness (QED) is 0.675. The zero-order valence-electron chi connectivity index (χ0n) is 11.0. The molecule has 1 heterocycles. The van der Waals surface area contributed by atoms with Crippen molar-refractivity contribution in [3.8, 4) is 0 Å². The largest absolute Gasteiger partial charge is 0.355 e. The number of hydrogen-bond donors (Lipinski definition) is 3. The van der Waals surface area contributed by atoms with Gasteiger partial charge in [-0.1, -0.05) is 24.3 Å². The highest BCUT2D eigenvalue weighted by atomic mass is 16.2. The second kappa shape index (κ2) is 6.33. The summed E-state index contributed by atoms with van der Waals surface area (Å²) in [5.74, 6) is -0.132. The summed E-state index contributed by atoms with van der Waals surface area (Å²) in [4.78, 5) is 22.8. The van der Waals surface area contributed by atoms with Gasteiger partial charge in [-0.15, -0.1) is 0 Å². The molecular weight excluding hydrogens is 242 g/mol. The van der Waals surface area contributed by atoms with E-state index >= 15 is 0 Å². The maximum absolute atomic E-state index is 12.1. The molecule has 0 bridgehead atoms. The summed E-state index contributed by atoms with van der Waals surface area (Å²) < 4.78 is 0. The zero-order valence-corrected chi connectivity index (χ0v) is 11.0. The van der Waals surface area contributed by atoms with Gasteiger partial charge in [-0.05, 0) is 17.5 Å². The smallest absolute Gasteiger partial charge is 0.241 e. The molecule has 0 saturated carbocycles. The molecule has 3 N–H and O–H groups in total. The summed E-state index contributed by atoms with van der Waals surface area (Å²) in [6.07, 6.45) is 0.950. The molecule has 1 unspecified atom stereocenters. The van der Waals surface area contributed by atoms with E-state index in [-0.39, 0.29) is 17.9 Å². The first-order valence-electron chi connectivity index (χ1n) is 6.52. The van der Waals surface area contributed by atoms with Crippen molar-refractivity contribution < 1.29 is 9.59 Å². The van der Waals surface area contributed by atoms with Gasteiger partial charge in [0.25, 0.3) is 0 Å². The van der Waals surface area contributed by atoms with Crippen molar-refractivity contribution in [3.05, 3.63) is 35.4 Å². The lowest BCUT2D eigenvalue weighted by molar-refractivity contribution is -0.124. The van der Waals surface area contributed by atoms with E-state index in [1.165, 1.54) is 12.5 Å². The van der Waals surface area contributed by atoms with Crippen LogP contribution in [0.5, 0.6) is 0 Å². The Labute approximate surface area is 112 Å². The minimum atomic E-state index is -0.290. The van der Waals surface area contributed by atoms with Crippen LogP contribution in [0.25, 0.3) is 0 Å². The molecule has 0 aliphatic carbocycles. The van der Waals surface area contributed by atoms with E-state index in [0.29, 0.717) is 13.1 Å². The highest BCUT2D eigenvalue weighted by Crippen LogP contribution is 2.22. The molecule has 1 aliphatic heterocycles. The molecule has 0 radical (unpaired) electrons. The fourth-order valence-corrected chi connectivity index (χ4v) is 2.26. The van der Waals surface area contributed by atoms with Gasteiger partial charge in [-0.2, -0.15) is 0 Å². The summed E-state index contributed by atoms with van der Waals surface area (Å²) in [6.45, 7) is 3.16. The summed E-state index contributed by atoms with van der Waals surface area (Å²) in [5, 5.41) is 8.71. The molecule has 5 heteroatoms. The number of rotatable bonds is 4. The van der Waals surface area contributed by atoms with E-state index in [0.717, 1.165) is 18.5 Å². The van der Waals surface area contributed by atoms with Crippen LogP contribution in [-0.4, -0.2) is 31.4 Å². The predicted molar refractivity (Wildman–Crippen MR) is 72.6 cm³/mol. The molecule has 0 fully saturated rings. The first-order valence-corrected chi connectivity index (χ1v) is 6.52. The Bertz CT molecular complexity index is 474.